The summed E-state index contributed by atoms with van der Waals surface area (Å²) in [5.41, 5.74) is 0.326. The molecule has 23 heavy (non-hydrogen) atoms. The molecule has 0 saturated heterocycles. The van der Waals surface area contributed by atoms with E-state index in [1.165, 1.54) is 7.11 Å². The largest absolute Gasteiger partial charge is 0.496 e. The average Bonchev–Trinajstić information content (AvgIpc) is 2.61. The number of ether oxygens (including phenoxy) is 3. The number of hydrogen-bond acceptors (Lipinski definition) is 4. The van der Waals surface area contributed by atoms with Crippen LogP contribution in [0.3, 0.4) is 0 Å². The van der Waals surface area contributed by atoms with Gasteiger partial charge in [-0.1, -0.05) is 42.5 Å². The molecule has 0 aliphatic heterocycles. The standard InChI is InChI=1S/C19H16O4/c1-21-17-12-16(19(20)23-13-8-4-3-5-9-13)18(22-2)15-11-7-6-10-14(15)17/h3-12H,1-2H3. The number of methoxy groups -OCH3 is 2. The molecule has 4 nitrogen and oxygen atoms in total. The van der Waals surface area contributed by atoms with Crippen molar-refractivity contribution in [2.75, 3.05) is 14.2 Å². The van der Waals surface area contributed by atoms with Gasteiger partial charge in [0, 0.05) is 10.8 Å². The minimum atomic E-state index is -0.489. The van der Waals surface area contributed by atoms with E-state index in [9.17, 15) is 4.79 Å². The predicted molar refractivity (Wildman–Crippen MR) is 88.5 cm³/mol. The van der Waals surface area contributed by atoms with Crippen LogP contribution in [0.25, 0.3) is 10.8 Å². The van der Waals surface area contributed by atoms with Crippen LogP contribution in [0, 0.1) is 0 Å². The molecule has 0 aromatic heterocycles. The van der Waals surface area contributed by atoms with Gasteiger partial charge < -0.3 is 14.2 Å². The minimum absolute atomic E-state index is 0.326. The highest BCUT2D eigenvalue weighted by atomic mass is 16.5. The van der Waals surface area contributed by atoms with E-state index in [-0.39, 0.29) is 0 Å². The minimum Gasteiger partial charge on any atom is -0.496 e. The molecule has 0 unspecified atom stereocenters. The Morgan fingerprint density at radius 2 is 1.48 bits per heavy atom. The number of rotatable bonds is 4. The van der Waals surface area contributed by atoms with Gasteiger partial charge >= 0.3 is 5.97 Å². The van der Waals surface area contributed by atoms with Gasteiger partial charge in [-0.2, -0.15) is 0 Å². The maximum Gasteiger partial charge on any atom is 0.347 e. The van der Waals surface area contributed by atoms with Gasteiger partial charge in [-0.25, -0.2) is 4.79 Å². The summed E-state index contributed by atoms with van der Waals surface area (Å²) >= 11 is 0. The summed E-state index contributed by atoms with van der Waals surface area (Å²) in [7, 11) is 3.11. The first-order chi connectivity index (χ1) is 11.2. The van der Waals surface area contributed by atoms with Crippen molar-refractivity contribution in [3.8, 4) is 17.2 Å². The van der Waals surface area contributed by atoms with E-state index in [4.69, 9.17) is 14.2 Å². The van der Waals surface area contributed by atoms with E-state index < -0.39 is 5.97 Å². The van der Waals surface area contributed by atoms with E-state index in [1.54, 1.807) is 37.4 Å². The molecule has 0 bridgehead atoms. The Kier molecular flexibility index (Phi) is 4.15. The number of carbonyl (C=O) groups is 1. The summed E-state index contributed by atoms with van der Waals surface area (Å²) in [5.74, 6) is 1.06. The van der Waals surface area contributed by atoms with Crippen LogP contribution < -0.4 is 14.2 Å². The zero-order valence-corrected chi connectivity index (χ0v) is 12.9. The van der Waals surface area contributed by atoms with Crippen LogP contribution in [0.2, 0.25) is 0 Å². The number of esters is 1. The van der Waals surface area contributed by atoms with E-state index in [2.05, 4.69) is 0 Å². The Bertz CT molecular complexity index is 841. The Morgan fingerprint density at radius 3 is 2.13 bits per heavy atom. The van der Waals surface area contributed by atoms with Crippen molar-refractivity contribution in [2.45, 2.75) is 0 Å². The van der Waals surface area contributed by atoms with Crippen molar-refractivity contribution in [3.05, 3.63) is 66.2 Å². The molecule has 0 aliphatic carbocycles. The summed E-state index contributed by atoms with van der Waals surface area (Å²) in [6.07, 6.45) is 0. The third-order valence-electron chi connectivity index (χ3n) is 3.55. The normalized spacial score (nSPS) is 10.3. The summed E-state index contributed by atoms with van der Waals surface area (Å²) in [4.78, 5) is 12.5. The number of carbonyl (C=O) groups excluding carboxylic acids is 1. The topological polar surface area (TPSA) is 44.8 Å². The van der Waals surface area contributed by atoms with E-state index >= 15 is 0 Å². The predicted octanol–water partition coefficient (Wildman–Crippen LogP) is 4.08. The molecule has 0 amide bonds. The fourth-order valence-corrected chi connectivity index (χ4v) is 2.51. The van der Waals surface area contributed by atoms with E-state index in [1.807, 2.05) is 30.3 Å². The van der Waals surface area contributed by atoms with Crippen molar-refractivity contribution < 1.29 is 19.0 Å². The second-order valence-corrected chi connectivity index (χ2v) is 4.91. The van der Waals surface area contributed by atoms with Crippen molar-refractivity contribution in [1.82, 2.24) is 0 Å². The van der Waals surface area contributed by atoms with Crippen molar-refractivity contribution >= 4 is 16.7 Å². The van der Waals surface area contributed by atoms with Gasteiger partial charge in [-0.05, 0) is 18.2 Å². The highest BCUT2D eigenvalue weighted by molar-refractivity contribution is 6.04. The van der Waals surface area contributed by atoms with Crippen molar-refractivity contribution in [3.63, 3.8) is 0 Å². The number of para-hydroxylation sites is 1. The second-order valence-electron chi connectivity index (χ2n) is 4.91. The summed E-state index contributed by atoms with van der Waals surface area (Å²) in [5, 5.41) is 1.68. The van der Waals surface area contributed by atoms with Gasteiger partial charge in [0.15, 0.2) is 0 Å². The first kappa shape index (κ1) is 14.9. The van der Waals surface area contributed by atoms with Gasteiger partial charge in [0.1, 0.15) is 22.8 Å². The summed E-state index contributed by atoms with van der Waals surface area (Å²) in [6, 6.07) is 18.2. The first-order valence-corrected chi connectivity index (χ1v) is 7.15. The summed E-state index contributed by atoms with van der Waals surface area (Å²) < 4.78 is 16.3. The van der Waals surface area contributed by atoms with Gasteiger partial charge in [0.25, 0.3) is 0 Å². The zero-order chi connectivity index (χ0) is 16.2. The van der Waals surface area contributed by atoms with Crippen molar-refractivity contribution in [1.29, 1.82) is 0 Å². The number of benzene rings is 3. The molecule has 4 heteroatoms. The molecule has 0 N–H and O–H groups in total. The molecule has 0 heterocycles. The lowest BCUT2D eigenvalue weighted by Crippen LogP contribution is -2.11. The van der Waals surface area contributed by atoms with E-state index in [0.29, 0.717) is 22.8 Å². The first-order valence-electron chi connectivity index (χ1n) is 7.15. The van der Waals surface area contributed by atoms with Gasteiger partial charge in [0.2, 0.25) is 0 Å². The molecule has 0 aliphatic rings. The molecular weight excluding hydrogens is 292 g/mol. The maximum absolute atomic E-state index is 12.5. The van der Waals surface area contributed by atoms with Gasteiger partial charge in [0.05, 0.1) is 14.2 Å². The Morgan fingerprint density at radius 1 is 0.826 bits per heavy atom. The lowest BCUT2D eigenvalue weighted by atomic mass is 10.0. The zero-order valence-electron chi connectivity index (χ0n) is 12.9. The van der Waals surface area contributed by atoms with Gasteiger partial charge in [-0.3, -0.25) is 0 Å². The monoisotopic (exact) mass is 308 g/mol. The van der Waals surface area contributed by atoms with Gasteiger partial charge in [-0.15, -0.1) is 0 Å². The summed E-state index contributed by atoms with van der Waals surface area (Å²) in [6.45, 7) is 0. The van der Waals surface area contributed by atoms with Crippen LogP contribution in [0.1, 0.15) is 10.4 Å². The molecule has 0 fully saturated rings. The Hall–Kier alpha value is -3.01. The molecule has 0 atom stereocenters. The quantitative estimate of drug-likeness (QED) is 0.538. The highest BCUT2D eigenvalue weighted by Crippen LogP contribution is 2.37. The molecule has 116 valence electrons. The van der Waals surface area contributed by atoms with Crippen LogP contribution in [-0.4, -0.2) is 20.2 Å². The lowest BCUT2D eigenvalue weighted by Gasteiger charge is -2.14. The molecule has 0 radical (unpaired) electrons. The molecule has 3 aromatic rings. The number of hydrogen-bond donors (Lipinski definition) is 0. The molecule has 0 saturated carbocycles. The molecule has 3 aromatic carbocycles. The van der Waals surface area contributed by atoms with Crippen LogP contribution in [0.15, 0.2) is 60.7 Å². The third kappa shape index (κ3) is 2.83. The Labute approximate surface area is 134 Å². The van der Waals surface area contributed by atoms with Crippen LogP contribution in [0.4, 0.5) is 0 Å². The Balaban J connectivity index is 2.11. The van der Waals surface area contributed by atoms with Crippen molar-refractivity contribution in [2.24, 2.45) is 0 Å². The van der Waals surface area contributed by atoms with Crippen LogP contribution in [-0.2, 0) is 0 Å². The fraction of sp³-hybridized carbons (Fsp3) is 0.105. The molecular formula is C19H16O4. The fourth-order valence-electron chi connectivity index (χ4n) is 2.51. The van der Waals surface area contributed by atoms with Crippen LogP contribution in [0.5, 0.6) is 17.2 Å². The smallest absolute Gasteiger partial charge is 0.347 e. The number of fused-ring (bicyclic) bond motifs is 1. The molecule has 3 rings (SSSR count). The van der Waals surface area contributed by atoms with Crippen LogP contribution >= 0.6 is 0 Å². The van der Waals surface area contributed by atoms with E-state index in [0.717, 1.165) is 10.8 Å². The lowest BCUT2D eigenvalue weighted by molar-refractivity contribution is 0.0731. The average molecular weight is 308 g/mol. The second kappa shape index (κ2) is 6.40. The molecule has 0 spiro atoms. The highest BCUT2D eigenvalue weighted by Gasteiger charge is 2.20. The third-order valence-corrected chi connectivity index (χ3v) is 3.55. The maximum atomic E-state index is 12.5. The SMILES string of the molecule is COc1cc(C(=O)Oc2ccccc2)c(OC)c2ccccc12.